The van der Waals surface area contributed by atoms with Crippen molar-refractivity contribution in [2.45, 2.75) is 37.0 Å². The Morgan fingerprint density at radius 2 is 2.38 bits per heavy atom. The van der Waals surface area contributed by atoms with Crippen LogP contribution in [0.3, 0.4) is 0 Å². The smallest absolute Gasteiger partial charge is 0.201 e. The molecule has 2 aliphatic rings. The highest BCUT2D eigenvalue weighted by atomic mass is 16.5. The van der Waals surface area contributed by atoms with Gasteiger partial charge in [-0.05, 0) is 25.7 Å². The molecular formula is C12H18N2O2. The van der Waals surface area contributed by atoms with Crippen molar-refractivity contribution >= 4 is 0 Å². The lowest BCUT2D eigenvalue weighted by Crippen LogP contribution is -2.20. The lowest BCUT2D eigenvalue weighted by Gasteiger charge is -2.19. The molecule has 4 nitrogen and oxygen atoms in total. The highest BCUT2D eigenvalue weighted by Gasteiger charge is 2.47. The van der Waals surface area contributed by atoms with E-state index in [0.717, 1.165) is 50.5 Å². The number of nitrogens with two attached hydrogens (primary N) is 1. The Morgan fingerprint density at radius 1 is 1.50 bits per heavy atom. The Balaban J connectivity index is 1.77. The third kappa shape index (κ3) is 1.66. The van der Waals surface area contributed by atoms with Gasteiger partial charge in [0.1, 0.15) is 6.26 Å². The summed E-state index contributed by atoms with van der Waals surface area (Å²) in [6, 6.07) is 0. The Hall–Kier alpha value is -0.870. The van der Waals surface area contributed by atoms with Gasteiger partial charge in [0, 0.05) is 19.1 Å². The number of ether oxygens (including phenoxy) is 1. The second-order valence-electron chi connectivity index (χ2n) is 4.98. The molecule has 1 saturated carbocycles. The number of rotatable bonds is 3. The molecule has 1 aliphatic carbocycles. The number of nitrogens with zero attached hydrogens (tertiary/aromatic N) is 1. The van der Waals surface area contributed by atoms with Crippen molar-refractivity contribution < 1.29 is 9.15 Å². The van der Waals surface area contributed by atoms with Crippen molar-refractivity contribution in [3.63, 3.8) is 0 Å². The SMILES string of the molecule is NCC1(c2nc(C3CCCOC3)co2)CC1. The fourth-order valence-corrected chi connectivity index (χ4v) is 2.35. The molecule has 88 valence electrons. The molecule has 0 amide bonds. The molecule has 4 heteroatoms. The van der Waals surface area contributed by atoms with Crippen LogP contribution in [0.5, 0.6) is 0 Å². The van der Waals surface area contributed by atoms with E-state index in [1.165, 1.54) is 0 Å². The summed E-state index contributed by atoms with van der Waals surface area (Å²) in [6.07, 6.45) is 6.30. The van der Waals surface area contributed by atoms with Crippen molar-refractivity contribution in [2.75, 3.05) is 19.8 Å². The molecule has 1 unspecified atom stereocenters. The predicted molar refractivity (Wildman–Crippen MR) is 59.3 cm³/mol. The zero-order chi connectivity index (χ0) is 11.0. The monoisotopic (exact) mass is 222 g/mol. The summed E-state index contributed by atoms with van der Waals surface area (Å²) in [6.45, 7) is 2.31. The first-order chi connectivity index (χ1) is 7.84. The van der Waals surface area contributed by atoms with Crippen LogP contribution >= 0.6 is 0 Å². The van der Waals surface area contributed by atoms with E-state index >= 15 is 0 Å². The molecule has 0 spiro atoms. The first-order valence-electron chi connectivity index (χ1n) is 6.08. The first-order valence-corrected chi connectivity index (χ1v) is 6.08. The normalized spacial score (nSPS) is 27.9. The van der Waals surface area contributed by atoms with Gasteiger partial charge in [0.2, 0.25) is 5.89 Å². The van der Waals surface area contributed by atoms with Crippen LogP contribution in [0, 0.1) is 0 Å². The lowest BCUT2D eigenvalue weighted by molar-refractivity contribution is 0.0792. The largest absolute Gasteiger partial charge is 0.448 e. The van der Waals surface area contributed by atoms with Crippen LogP contribution in [0.25, 0.3) is 0 Å². The Morgan fingerprint density at radius 3 is 3.00 bits per heavy atom. The van der Waals surface area contributed by atoms with E-state index in [4.69, 9.17) is 14.9 Å². The van der Waals surface area contributed by atoms with Crippen LogP contribution in [-0.2, 0) is 10.2 Å². The highest BCUT2D eigenvalue weighted by molar-refractivity contribution is 5.19. The van der Waals surface area contributed by atoms with Gasteiger partial charge >= 0.3 is 0 Å². The van der Waals surface area contributed by atoms with Crippen LogP contribution in [0.4, 0.5) is 0 Å². The van der Waals surface area contributed by atoms with Crippen molar-refractivity contribution in [1.82, 2.24) is 4.98 Å². The Bertz CT molecular complexity index is 365. The van der Waals surface area contributed by atoms with E-state index in [0.29, 0.717) is 12.5 Å². The zero-order valence-electron chi connectivity index (χ0n) is 9.45. The van der Waals surface area contributed by atoms with Crippen LogP contribution in [0.15, 0.2) is 10.7 Å². The average Bonchev–Trinajstić information content (AvgIpc) is 3.00. The molecule has 1 aliphatic heterocycles. The van der Waals surface area contributed by atoms with E-state index in [2.05, 4.69) is 4.98 Å². The van der Waals surface area contributed by atoms with Crippen LogP contribution < -0.4 is 5.73 Å². The maximum Gasteiger partial charge on any atom is 0.201 e. The maximum absolute atomic E-state index is 5.76. The van der Waals surface area contributed by atoms with Crippen molar-refractivity contribution in [3.05, 3.63) is 17.8 Å². The second-order valence-corrected chi connectivity index (χ2v) is 4.98. The summed E-state index contributed by atoms with van der Waals surface area (Å²) in [5.74, 6) is 1.26. The van der Waals surface area contributed by atoms with Gasteiger partial charge in [-0.25, -0.2) is 4.98 Å². The molecule has 1 saturated heterocycles. The molecule has 1 aromatic rings. The van der Waals surface area contributed by atoms with E-state index in [1.54, 1.807) is 6.26 Å². The fourth-order valence-electron chi connectivity index (χ4n) is 2.35. The highest BCUT2D eigenvalue weighted by Crippen LogP contribution is 2.47. The summed E-state index contributed by atoms with van der Waals surface area (Å²) in [4.78, 5) is 4.61. The molecule has 0 bridgehead atoms. The van der Waals surface area contributed by atoms with Crippen molar-refractivity contribution in [2.24, 2.45) is 5.73 Å². The quantitative estimate of drug-likeness (QED) is 0.843. The second kappa shape index (κ2) is 3.86. The molecule has 1 aromatic heterocycles. The minimum Gasteiger partial charge on any atom is -0.448 e. The minimum absolute atomic E-state index is 0.0633. The van der Waals surface area contributed by atoms with Gasteiger partial charge in [-0.1, -0.05) is 0 Å². The number of oxazole rings is 1. The molecule has 2 heterocycles. The number of hydrogen-bond acceptors (Lipinski definition) is 4. The first kappa shape index (κ1) is 10.3. The number of aromatic nitrogens is 1. The lowest BCUT2D eigenvalue weighted by atomic mass is 9.99. The number of hydrogen-bond donors (Lipinski definition) is 1. The van der Waals surface area contributed by atoms with Gasteiger partial charge in [-0.3, -0.25) is 0 Å². The summed E-state index contributed by atoms with van der Waals surface area (Å²) < 4.78 is 11.1. The molecule has 0 radical (unpaired) electrons. The summed E-state index contributed by atoms with van der Waals surface area (Å²) in [5.41, 5.74) is 6.88. The summed E-state index contributed by atoms with van der Waals surface area (Å²) in [5, 5.41) is 0. The molecule has 2 fully saturated rings. The molecule has 0 aromatic carbocycles. The van der Waals surface area contributed by atoms with Gasteiger partial charge in [0.25, 0.3) is 0 Å². The van der Waals surface area contributed by atoms with E-state index in [9.17, 15) is 0 Å². The van der Waals surface area contributed by atoms with Crippen LogP contribution in [0.2, 0.25) is 0 Å². The van der Waals surface area contributed by atoms with Crippen molar-refractivity contribution in [1.29, 1.82) is 0 Å². The maximum atomic E-state index is 5.76. The van der Waals surface area contributed by atoms with E-state index < -0.39 is 0 Å². The average molecular weight is 222 g/mol. The van der Waals surface area contributed by atoms with Gasteiger partial charge < -0.3 is 14.9 Å². The van der Waals surface area contributed by atoms with E-state index in [-0.39, 0.29) is 5.41 Å². The van der Waals surface area contributed by atoms with Crippen molar-refractivity contribution in [3.8, 4) is 0 Å². The van der Waals surface area contributed by atoms with E-state index in [1.807, 2.05) is 0 Å². The van der Waals surface area contributed by atoms with Gasteiger partial charge in [-0.2, -0.15) is 0 Å². The van der Waals surface area contributed by atoms with Gasteiger partial charge in [0.15, 0.2) is 0 Å². The summed E-state index contributed by atoms with van der Waals surface area (Å²) in [7, 11) is 0. The predicted octanol–water partition coefficient (Wildman–Crippen LogP) is 1.56. The molecule has 16 heavy (non-hydrogen) atoms. The Labute approximate surface area is 95.2 Å². The fraction of sp³-hybridized carbons (Fsp3) is 0.750. The van der Waals surface area contributed by atoms with Gasteiger partial charge in [0.05, 0.1) is 17.7 Å². The van der Waals surface area contributed by atoms with Gasteiger partial charge in [-0.15, -0.1) is 0 Å². The van der Waals surface area contributed by atoms with Crippen LogP contribution in [0.1, 0.15) is 43.2 Å². The topological polar surface area (TPSA) is 61.3 Å². The molecule has 3 rings (SSSR count). The standard InChI is InChI=1S/C12H18N2O2/c13-8-12(3-4-12)11-14-10(7-16-11)9-2-1-5-15-6-9/h7,9H,1-6,8,13H2. The zero-order valence-corrected chi connectivity index (χ0v) is 9.45. The Kier molecular flexibility index (Phi) is 2.48. The minimum atomic E-state index is 0.0633. The molecule has 1 atom stereocenters. The molecule has 2 N–H and O–H groups in total. The third-order valence-electron chi connectivity index (χ3n) is 3.80. The van der Waals surface area contributed by atoms with Crippen LogP contribution in [-0.4, -0.2) is 24.7 Å². The summed E-state index contributed by atoms with van der Waals surface area (Å²) >= 11 is 0. The third-order valence-corrected chi connectivity index (χ3v) is 3.80. The molecular weight excluding hydrogens is 204 g/mol.